The number of nitrogens with zero attached hydrogens (tertiary/aromatic N) is 1. The molecule has 0 aromatic rings. The van der Waals surface area contributed by atoms with Gasteiger partial charge in [-0.1, -0.05) is 134 Å². The number of hydrogen-bond acceptors (Lipinski definition) is 5. The van der Waals surface area contributed by atoms with Gasteiger partial charge in [0.25, 0.3) is 0 Å². The van der Waals surface area contributed by atoms with Crippen molar-refractivity contribution >= 4 is 13.7 Å². The van der Waals surface area contributed by atoms with Gasteiger partial charge in [-0.05, 0) is 44.9 Å². The van der Waals surface area contributed by atoms with E-state index in [2.05, 4.69) is 36.5 Å². The first-order chi connectivity index (χ1) is 22.5. The molecule has 3 atom stereocenters. The lowest BCUT2D eigenvalue weighted by Crippen LogP contribution is -2.45. The van der Waals surface area contributed by atoms with Crippen molar-refractivity contribution in [2.24, 2.45) is 0 Å². The highest BCUT2D eigenvalue weighted by molar-refractivity contribution is 7.47. The number of unbranched alkanes of at least 4 members (excludes halogenated alkanes) is 16. The second-order valence-electron chi connectivity index (χ2n) is 13.9. The molecule has 47 heavy (non-hydrogen) atoms. The largest absolute Gasteiger partial charge is 0.472 e. The van der Waals surface area contributed by atoms with Crippen LogP contribution in [0.1, 0.15) is 149 Å². The number of carbonyl (C=O) groups is 1. The highest BCUT2D eigenvalue weighted by Crippen LogP contribution is 2.43. The van der Waals surface area contributed by atoms with Crippen LogP contribution in [0.4, 0.5) is 0 Å². The summed E-state index contributed by atoms with van der Waals surface area (Å²) in [5, 5.41) is 13.4. The van der Waals surface area contributed by atoms with Gasteiger partial charge in [0.15, 0.2) is 0 Å². The van der Waals surface area contributed by atoms with Crippen LogP contribution in [0.3, 0.4) is 0 Å². The lowest BCUT2D eigenvalue weighted by molar-refractivity contribution is -0.870. The number of aliphatic hydroxyl groups is 1. The summed E-state index contributed by atoms with van der Waals surface area (Å²) in [6, 6.07) is -0.861. The second kappa shape index (κ2) is 30.8. The number of carbonyl (C=O) groups excluding carboxylic acids is 1. The van der Waals surface area contributed by atoms with Crippen LogP contribution >= 0.6 is 7.82 Å². The van der Waals surface area contributed by atoms with Crippen LogP contribution in [0.15, 0.2) is 36.5 Å². The summed E-state index contributed by atoms with van der Waals surface area (Å²) in [5.74, 6) is -0.246. The standard InChI is InChI=1S/C38H73N2O6P/c1-6-8-9-10-11-12-13-14-15-16-17-18-19-20-21-22-23-24-25-26-27-28-29-30-32-37(41)36(39-38(42)31-7-2)35-46-47(43,44)45-34-33-40(3,4)5/h22-23,26-27,30,32,36-37,41H,6-21,24-25,28-29,31,33-35H2,1-5H3,(H-,39,42,43,44)/p+1/b23-22+,27-26+,32-30+. The van der Waals surface area contributed by atoms with Crippen molar-refractivity contribution in [1.82, 2.24) is 5.32 Å². The summed E-state index contributed by atoms with van der Waals surface area (Å²) in [6.45, 7) is 4.40. The minimum atomic E-state index is -4.31. The van der Waals surface area contributed by atoms with Crippen LogP contribution in [0.2, 0.25) is 0 Å². The number of phosphoric acid groups is 1. The first-order valence-corrected chi connectivity index (χ1v) is 20.4. The summed E-state index contributed by atoms with van der Waals surface area (Å²) < 4.78 is 23.0. The summed E-state index contributed by atoms with van der Waals surface area (Å²) in [4.78, 5) is 22.2. The average molecular weight is 686 g/mol. The molecule has 0 aliphatic heterocycles. The van der Waals surface area contributed by atoms with Crippen LogP contribution in [0, 0.1) is 0 Å². The molecule has 0 saturated carbocycles. The van der Waals surface area contributed by atoms with E-state index >= 15 is 0 Å². The van der Waals surface area contributed by atoms with Crippen molar-refractivity contribution in [2.45, 2.75) is 161 Å². The molecule has 0 bridgehead atoms. The van der Waals surface area contributed by atoms with E-state index in [1.165, 1.54) is 96.3 Å². The molecule has 9 heteroatoms. The van der Waals surface area contributed by atoms with Crippen molar-refractivity contribution in [1.29, 1.82) is 0 Å². The second-order valence-corrected chi connectivity index (χ2v) is 15.4. The molecule has 0 radical (unpaired) electrons. The monoisotopic (exact) mass is 686 g/mol. The predicted molar refractivity (Wildman–Crippen MR) is 198 cm³/mol. The lowest BCUT2D eigenvalue weighted by atomic mass is 10.0. The topological polar surface area (TPSA) is 105 Å². The zero-order valence-electron chi connectivity index (χ0n) is 31.0. The van der Waals surface area contributed by atoms with E-state index in [0.29, 0.717) is 23.9 Å². The molecule has 3 N–H and O–H groups in total. The maximum atomic E-state index is 12.3. The van der Waals surface area contributed by atoms with E-state index in [1.807, 2.05) is 34.1 Å². The van der Waals surface area contributed by atoms with Gasteiger partial charge in [-0.3, -0.25) is 13.8 Å². The van der Waals surface area contributed by atoms with E-state index < -0.39 is 20.0 Å². The fourth-order valence-corrected chi connectivity index (χ4v) is 5.79. The Hall–Kier alpha value is -1.28. The number of phosphoric ester groups is 1. The van der Waals surface area contributed by atoms with Gasteiger partial charge in [0.05, 0.1) is 39.9 Å². The molecule has 0 aliphatic carbocycles. The van der Waals surface area contributed by atoms with E-state index in [4.69, 9.17) is 9.05 Å². The lowest BCUT2D eigenvalue weighted by Gasteiger charge is -2.25. The molecule has 0 spiro atoms. The number of nitrogens with one attached hydrogen (secondary N) is 1. The molecule has 0 aromatic heterocycles. The number of allylic oxidation sites excluding steroid dienone is 5. The minimum absolute atomic E-state index is 0.0515. The number of rotatable bonds is 33. The molecule has 276 valence electrons. The summed E-state index contributed by atoms with van der Waals surface area (Å²) in [6.07, 6.45) is 36.7. The third kappa shape index (κ3) is 33.0. The Balaban J connectivity index is 4.05. The maximum Gasteiger partial charge on any atom is 0.472 e. The Morgan fingerprint density at radius 3 is 1.66 bits per heavy atom. The fourth-order valence-electron chi connectivity index (χ4n) is 5.06. The van der Waals surface area contributed by atoms with E-state index in [9.17, 15) is 19.4 Å². The van der Waals surface area contributed by atoms with Gasteiger partial charge in [-0.2, -0.15) is 0 Å². The van der Waals surface area contributed by atoms with Gasteiger partial charge in [0.2, 0.25) is 5.91 Å². The van der Waals surface area contributed by atoms with Gasteiger partial charge >= 0.3 is 7.82 Å². The van der Waals surface area contributed by atoms with Crippen LogP contribution in [0.5, 0.6) is 0 Å². The highest BCUT2D eigenvalue weighted by atomic mass is 31.2. The molecule has 1 amide bonds. The van der Waals surface area contributed by atoms with Gasteiger partial charge < -0.3 is 19.8 Å². The molecule has 8 nitrogen and oxygen atoms in total. The molecule has 0 saturated heterocycles. The smallest absolute Gasteiger partial charge is 0.387 e. The molecular weight excluding hydrogens is 611 g/mol. The third-order valence-corrected chi connectivity index (χ3v) is 9.04. The zero-order chi connectivity index (χ0) is 35.1. The molecule has 0 aliphatic rings. The van der Waals surface area contributed by atoms with E-state index in [1.54, 1.807) is 6.08 Å². The molecule has 3 unspecified atom stereocenters. The third-order valence-electron chi connectivity index (χ3n) is 8.06. The SMILES string of the molecule is CCCCCCCCCCCCCCCC/C=C/CC/C=C/CC/C=C/C(O)C(COP(=O)(O)OCC[N+](C)(C)C)NC(=O)CCC. The number of amides is 1. The first kappa shape index (κ1) is 45.7. The fraction of sp³-hybridized carbons (Fsp3) is 0.816. The highest BCUT2D eigenvalue weighted by Gasteiger charge is 2.27. The van der Waals surface area contributed by atoms with Crippen molar-refractivity contribution in [3.05, 3.63) is 36.5 Å². The van der Waals surface area contributed by atoms with Crippen molar-refractivity contribution in [2.75, 3.05) is 40.9 Å². The van der Waals surface area contributed by atoms with Gasteiger partial charge in [-0.25, -0.2) is 4.57 Å². The summed E-state index contributed by atoms with van der Waals surface area (Å²) in [7, 11) is 1.53. The maximum absolute atomic E-state index is 12.3. The molecule has 0 aromatic carbocycles. The van der Waals surface area contributed by atoms with Crippen LogP contribution in [0.25, 0.3) is 0 Å². The quantitative estimate of drug-likeness (QED) is 0.0275. The normalized spacial score (nSPS) is 15.1. The number of quaternary nitrogens is 1. The number of aliphatic hydroxyl groups excluding tert-OH is 1. The zero-order valence-corrected chi connectivity index (χ0v) is 31.9. The number of hydrogen-bond donors (Lipinski definition) is 3. The van der Waals surface area contributed by atoms with Crippen molar-refractivity contribution in [3.8, 4) is 0 Å². The molecule has 0 heterocycles. The molecular formula is C38H74N2O6P+. The van der Waals surface area contributed by atoms with Gasteiger partial charge in [-0.15, -0.1) is 0 Å². The van der Waals surface area contributed by atoms with Crippen molar-refractivity contribution < 1.29 is 32.9 Å². The Morgan fingerprint density at radius 1 is 0.702 bits per heavy atom. The van der Waals surface area contributed by atoms with E-state index in [-0.39, 0.29) is 19.1 Å². The molecule has 0 fully saturated rings. The Kier molecular flexibility index (Phi) is 29.9. The average Bonchev–Trinajstić information content (AvgIpc) is 3.00. The van der Waals surface area contributed by atoms with E-state index in [0.717, 1.165) is 25.7 Å². The van der Waals surface area contributed by atoms with Crippen LogP contribution in [-0.4, -0.2) is 73.4 Å². The Labute approximate surface area is 289 Å². The molecule has 0 rings (SSSR count). The number of likely N-dealkylation sites (N-methyl/N-ethyl adjacent to an activating group) is 1. The Morgan fingerprint density at radius 2 is 1.17 bits per heavy atom. The minimum Gasteiger partial charge on any atom is -0.387 e. The predicted octanol–water partition coefficient (Wildman–Crippen LogP) is 9.57. The van der Waals surface area contributed by atoms with Crippen molar-refractivity contribution in [3.63, 3.8) is 0 Å². The Bertz CT molecular complexity index is 871. The van der Waals surface area contributed by atoms with Gasteiger partial charge in [0.1, 0.15) is 13.2 Å². The summed E-state index contributed by atoms with van der Waals surface area (Å²) in [5.41, 5.74) is 0. The first-order valence-electron chi connectivity index (χ1n) is 18.9. The van der Waals surface area contributed by atoms with Crippen LogP contribution < -0.4 is 5.32 Å². The van der Waals surface area contributed by atoms with Gasteiger partial charge in [0, 0.05) is 6.42 Å². The summed E-state index contributed by atoms with van der Waals surface area (Å²) >= 11 is 0. The van der Waals surface area contributed by atoms with Crippen LogP contribution in [-0.2, 0) is 18.4 Å².